The Hall–Kier alpha value is -1.95. The third-order valence-corrected chi connectivity index (χ3v) is 6.02. The summed E-state index contributed by atoms with van der Waals surface area (Å²) >= 11 is 0. The maximum atomic E-state index is 4.77. The molecule has 6 nitrogen and oxygen atoms in total. The molecule has 1 saturated heterocycles. The summed E-state index contributed by atoms with van der Waals surface area (Å²) in [6.07, 6.45) is 7.64. The molecule has 0 atom stereocenters. The van der Waals surface area contributed by atoms with Crippen molar-refractivity contribution in [1.82, 2.24) is 24.8 Å². The monoisotopic (exact) mass is 354 g/mol. The van der Waals surface area contributed by atoms with E-state index in [1.807, 2.05) is 26.2 Å². The predicted octanol–water partition coefficient (Wildman–Crippen LogP) is 2.97. The van der Waals surface area contributed by atoms with E-state index in [4.69, 9.17) is 4.98 Å². The number of imidazole rings is 1. The number of rotatable bonds is 4. The summed E-state index contributed by atoms with van der Waals surface area (Å²) in [7, 11) is 0. The maximum absolute atomic E-state index is 4.77. The number of hydrogen-bond donors (Lipinski definition) is 1. The van der Waals surface area contributed by atoms with E-state index < -0.39 is 0 Å². The number of aryl methyl sites for hydroxylation is 2. The normalized spacial score (nSPS) is 19.7. The highest BCUT2D eigenvalue weighted by Crippen LogP contribution is 2.42. The molecule has 0 amide bonds. The zero-order chi connectivity index (χ0) is 18.1. The van der Waals surface area contributed by atoms with Crippen molar-refractivity contribution in [3.05, 3.63) is 35.2 Å². The molecule has 1 N–H and O–H groups in total. The molecule has 0 unspecified atom stereocenters. The van der Waals surface area contributed by atoms with Crippen molar-refractivity contribution in [3.8, 4) is 0 Å². The third kappa shape index (κ3) is 3.00. The summed E-state index contributed by atoms with van der Waals surface area (Å²) in [5.74, 6) is 0.885. The molecule has 1 spiro atoms. The molecular formula is C20H30N6. The molecule has 140 valence electrons. The van der Waals surface area contributed by atoms with Crippen LogP contribution in [0.15, 0.2) is 12.4 Å². The molecule has 6 heteroatoms. The van der Waals surface area contributed by atoms with Crippen molar-refractivity contribution in [2.45, 2.75) is 58.4 Å². The summed E-state index contributed by atoms with van der Waals surface area (Å²) in [6, 6.07) is 2.04. The number of aromatic amines is 1. The zero-order valence-electron chi connectivity index (χ0n) is 16.3. The second kappa shape index (κ2) is 6.99. The lowest BCUT2D eigenvalue weighted by molar-refractivity contribution is 0.0429. The highest BCUT2D eigenvalue weighted by atomic mass is 15.3. The molecule has 0 aromatic carbocycles. The van der Waals surface area contributed by atoms with Crippen molar-refractivity contribution in [3.63, 3.8) is 0 Å². The fourth-order valence-electron chi connectivity index (χ4n) is 4.68. The van der Waals surface area contributed by atoms with Gasteiger partial charge in [-0.3, -0.25) is 4.90 Å². The van der Waals surface area contributed by atoms with E-state index in [0.717, 1.165) is 56.2 Å². The van der Waals surface area contributed by atoms with Crippen LogP contribution in [0.1, 0.15) is 55.4 Å². The Bertz CT molecular complexity index is 739. The van der Waals surface area contributed by atoms with Crippen LogP contribution in [0.25, 0.3) is 0 Å². The predicted molar refractivity (Wildman–Crippen MR) is 103 cm³/mol. The minimum Gasteiger partial charge on any atom is -0.348 e. The van der Waals surface area contributed by atoms with Crippen LogP contribution < -0.4 is 4.90 Å². The molecule has 2 aromatic heterocycles. The van der Waals surface area contributed by atoms with Crippen LogP contribution in [0.2, 0.25) is 0 Å². The molecule has 2 aromatic rings. The number of H-pyrrole nitrogens is 1. The summed E-state index contributed by atoms with van der Waals surface area (Å²) < 4.78 is 0. The van der Waals surface area contributed by atoms with E-state index in [1.54, 1.807) is 0 Å². The maximum Gasteiger partial charge on any atom is 0.225 e. The summed E-state index contributed by atoms with van der Waals surface area (Å²) in [5.41, 5.74) is 4.81. The minimum absolute atomic E-state index is 0.0815. The number of anilines is 1. The Kier molecular flexibility index (Phi) is 4.69. The van der Waals surface area contributed by atoms with Gasteiger partial charge in [-0.2, -0.15) is 0 Å². The topological polar surface area (TPSA) is 60.9 Å². The Labute approximate surface area is 156 Å². The van der Waals surface area contributed by atoms with E-state index in [0.29, 0.717) is 0 Å². The molecule has 2 aliphatic rings. The molecule has 0 bridgehead atoms. The molecule has 26 heavy (non-hydrogen) atoms. The smallest absolute Gasteiger partial charge is 0.225 e. The first-order valence-electron chi connectivity index (χ1n) is 9.97. The van der Waals surface area contributed by atoms with Crippen molar-refractivity contribution in [1.29, 1.82) is 0 Å². The van der Waals surface area contributed by atoms with Crippen molar-refractivity contribution in [2.24, 2.45) is 0 Å². The number of fused-ring (bicyclic) bond motifs is 2. The summed E-state index contributed by atoms with van der Waals surface area (Å²) in [5, 5.41) is 0. The number of hydrogen-bond acceptors (Lipinski definition) is 5. The van der Waals surface area contributed by atoms with E-state index in [1.165, 1.54) is 30.8 Å². The second-order valence-corrected chi connectivity index (χ2v) is 7.79. The standard InChI is InChI=1S/C20H30N6/c1-4-5-9-26-10-6-17-18(22-14-21-17)20(26)7-11-25(12-8-20)19-23-15(2)13-16(3)24-19/h13-14H,4-12H2,1-3H3,(H,21,22). The minimum atomic E-state index is 0.0815. The fourth-order valence-corrected chi connectivity index (χ4v) is 4.68. The third-order valence-electron chi connectivity index (χ3n) is 6.02. The van der Waals surface area contributed by atoms with Gasteiger partial charge in [0.05, 0.1) is 17.6 Å². The number of aromatic nitrogens is 4. The molecule has 0 aliphatic carbocycles. The van der Waals surface area contributed by atoms with E-state index in [2.05, 4.69) is 31.7 Å². The van der Waals surface area contributed by atoms with E-state index in [-0.39, 0.29) is 5.54 Å². The molecular weight excluding hydrogens is 324 g/mol. The second-order valence-electron chi connectivity index (χ2n) is 7.79. The van der Waals surface area contributed by atoms with Gasteiger partial charge >= 0.3 is 0 Å². The van der Waals surface area contributed by atoms with Crippen LogP contribution in [0.3, 0.4) is 0 Å². The van der Waals surface area contributed by atoms with Crippen LogP contribution in [0.4, 0.5) is 5.95 Å². The lowest BCUT2D eigenvalue weighted by Gasteiger charge is -2.50. The van der Waals surface area contributed by atoms with Crippen molar-refractivity contribution in [2.75, 3.05) is 31.1 Å². The van der Waals surface area contributed by atoms with Gasteiger partial charge < -0.3 is 9.88 Å². The lowest BCUT2D eigenvalue weighted by atomic mass is 9.78. The van der Waals surface area contributed by atoms with Gasteiger partial charge in [-0.05, 0) is 45.7 Å². The number of unbranched alkanes of at least 4 members (excludes halogenated alkanes) is 1. The molecule has 1 fully saturated rings. The van der Waals surface area contributed by atoms with Gasteiger partial charge in [0.25, 0.3) is 0 Å². The highest BCUT2D eigenvalue weighted by molar-refractivity contribution is 5.36. The van der Waals surface area contributed by atoms with Crippen LogP contribution in [0, 0.1) is 13.8 Å². The zero-order valence-corrected chi connectivity index (χ0v) is 16.3. The Morgan fingerprint density at radius 2 is 1.85 bits per heavy atom. The van der Waals surface area contributed by atoms with Crippen LogP contribution in [-0.2, 0) is 12.0 Å². The van der Waals surface area contributed by atoms with Crippen molar-refractivity contribution >= 4 is 5.95 Å². The van der Waals surface area contributed by atoms with Gasteiger partial charge in [-0.1, -0.05) is 13.3 Å². The summed E-state index contributed by atoms with van der Waals surface area (Å²) in [6.45, 7) is 10.6. The van der Waals surface area contributed by atoms with Crippen LogP contribution in [-0.4, -0.2) is 51.0 Å². The average Bonchev–Trinajstić information content (AvgIpc) is 3.11. The van der Waals surface area contributed by atoms with Gasteiger partial charge in [0.1, 0.15) is 0 Å². The molecule has 0 saturated carbocycles. The molecule has 4 heterocycles. The van der Waals surface area contributed by atoms with Gasteiger partial charge in [-0.25, -0.2) is 15.0 Å². The van der Waals surface area contributed by atoms with Crippen LogP contribution >= 0.6 is 0 Å². The van der Waals surface area contributed by atoms with Gasteiger partial charge in [0.15, 0.2) is 0 Å². The SMILES string of the molecule is CCCCN1CCc2[nH]cnc2C12CCN(c1nc(C)cc(C)n1)CC2. The van der Waals surface area contributed by atoms with E-state index in [9.17, 15) is 0 Å². The number of nitrogens with zero attached hydrogens (tertiary/aromatic N) is 5. The largest absolute Gasteiger partial charge is 0.348 e. The Morgan fingerprint density at radius 3 is 2.54 bits per heavy atom. The van der Waals surface area contributed by atoms with E-state index >= 15 is 0 Å². The highest BCUT2D eigenvalue weighted by Gasteiger charge is 2.46. The lowest BCUT2D eigenvalue weighted by Crippen LogP contribution is -2.56. The van der Waals surface area contributed by atoms with Gasteiger partial charge in [0, 0.05) is 43.1 Å². The number of nitrogens with one attached hydrogen (secondary N) is 1. The summed E-state index contributed by atoms with van der Waals surface area (Å²) in [4.78, 5) is 22.6. The van der Waals surface area contributed by atoms with Crippen LogP contribution in [0.5, 0.6) is 0 Å². The Balaban J connectivity index is 1.58. The van der Waals surface area contributed by atoms with Gasteiger partial charge in [-0.15, -0.1) is 0 Å². The number of piperidine rings is 1. The Morgan fingerprint density at radius 1 is 1.12 bits per heavy atom. The molecule has 0 radical (unpaired) electrons. The first-order valence-corrected chi connectivity index (χ1v) is 9.97. The van der Waals surface area contributed by atoms with Crippen molar-refractivity contribution < 1.29 is 0 Å². The molecule has 2 aliphatic heterocycles. The first kappa shape index (κ1) is 17.5. The first-order chi connectivity index (χ1) is 12.6. The quantitative estimate of drug-likeness (QED) is 0.915. The average molecular weight is 355 g/mol. The van der Waals surface area contributed by atoms with Gasteiger partial charge in [0.2, 0.25) is 5.95 Å². The molecule has 4 rings (SSSR count). The fraction of sp³-hybridized carbons (Fsp3) is 0.650.